The van der Waals surface area contributed by atoms with Gasteiger partial charge >= 0.3 is 0 Å². The molecule has 0 atom stereocenters. The number of hydrogen-bond acceptors (Lipinski definition) is 3. The Morgan fingerprint density at radius 3 is 2.29 bits per heavy atom. The van der Waals surface area contributed by atoms with E-state index in [2.05, 4.69) is 20.7 Å². The van der Waals surface area contributed by atoms with Crippen LogP contribution in [0.4, 0.5) is 15.8 Å². The van der Waals surface area contributed by atoms with Crippen molar-refractivity contribution in [2.75, 3.05) is 10.5 Å². The molecule has 2 aromatic rings. The first-order chi connectivity index (χ1) is 9.70. The molecule has 0 fully saturated rings. The van der Waals surface area contributed by atoms with Gasteiger partial charge in [0.25, 0.3) is 10.0 Å². The topological polar surface area (TPSA) is 72.2 Å². The van der Waals surface area contributed by atoms with Crippen LogP contribution in [0.15, 0.2) is 39.7 Å². The minimum absolute atomic E-state index is 0.0386. The van der Waals surface area contributed by atoms with E-state index in [0.717, 1.165) is 12.1 Å². The number of halogens is 4. The number of benzene rings is 2. The van der Waals surface area contributed by atoms with E-state index in [1.54, 1.807) is 0 Å². The highest BCUT2D eigenvalue weighted by molar-refractivity contribution is 9.10. The van der Waals surface area contributed by atoms with Crippen molar-refractivity contribution in [3.8, 4) is 0 Å². The summed E-state index contributed by atoms with van der Waals surface area (Å²) in [6.45, 7) is 0. The molecule has 4 nitrogen and oxygen atoms in total. The van der Waals surface area contributed by atoms with Crippen LogP contribution in [0, 0.1) is 5.82 Å². The Hall–Kier alpha value is -1.02. The van der Waals surface area contributed by atoms with Crippen LogP contribution >= 0.6 is 39.1 Å². The fourth-order valence-corrected chi connectivity index (χ4v) is 4.18. The third-order valence-electron chi connectivity index (χ3n) is 2.49. The molecule has 2 aromatic carbocycles. The molecule has 2 rings (SSSR count). The van der Waals surface area contributed by atoms with Gasteiger partial charge in [-0.2, -0.15) is 0 Å². The van der Waals surface area contributed by atoms with E-state index in [4.69, 9.17) is 28.9 Å². The summed E-state index contributed by atoms with van der Waals surface area (Å²) < 4.78 is 40.9. The number of sulfonamides is 1. The Kier molecular flexibility index (Phi) is 4.67. The fourth-order valence-electron chi connectivity index (χ4n) is 1.55. The predicted molar refractivity (Wildman–Crippen MR) is 85.8 cm³/mol. The van der Waals surface area contributed by atoms with Crippen LogP contribution in [0.3, 0.4) is 0 Å². The second-order valence-corrected chi connectivity index (χ2v) is 7.42. The highest BCUT2D eigenvalue weighted by atomic mass is 79.9. The largest absolute Gasteiger partial charge is 0.399 e. The van der Waals surface area contributed by atoms with Gasteiger partial charge in [0.1, 0.15) is 10.7 Å². The van der Waals surface area contributed by atoms with Crippen molar-refractivity contribution in [2.45, 2.75) is 4.90 Å². The SMILES string of the molecule is Nc1ccc(F)c(S(=O)(=O)Nc2c(Cl)cc(Br)cc2Cl)c1. The molecule has 0 radical (unpaired) electrons. The van der Waals surface area contributed by atoms with Gasteiger partial charge in [0.05, 0.1) is 15.7 Å². The zero-order valence-electron chi connectivity index (χ0n) is 10.2. The summed E-state index contributed by atoms with van der Waals surface area (Å²) in [6.07, 6.45) is 0. The quantitative estimate of drug-likeness (QED) is 0.737. The maximum absolute atomic E-state index is 13.7. The van der Waals surface area contributed by atoms with Crippen molar-refractivity contribution in [1.82, 2.24) is 0 Å². The lowest BCUT2D eigenvalue weighted by Gasteiger charge is -2.12. The van der Waals surface area contributed by atoms with Crippen molar-refractivity contribution >= 4 is 60.5 Å². The second kappa shape index (κ2) is 6.00. The highest BCUT2D eigenvalue weighted by Crippen LogP contribution is 2.35. The van der Waals surface area contributed by atoms with Crippen molar-refractivity contribution in [3.63, 3.8) is 0 Å². The lowest BCUT2D eigenvalue weighted by Crippen LogP contribution is -2.15. The molecule has 0 aliphatic rings. The zero-order valence-corrected chi connectivity index (χ0v) is 14.1. The summed E-state index contributed by atoms with van der Waals surface area (Å²) in [7, 11) is -4.21. The van der Waals surface area contributed by atoms with Gasteiger partial charge in [-0.15, -0.1) is 0 Å². The summed E-state index contributed by atoms with van der Waals surface area (Å²) in [6, 6.07) is 6.16. The van der Waals surface area contributed by atoms with Crippen LogP contribution in [-0.4, -0.2) is 8.42 Å². The Morgan fingerprint density at radius 1 is 1.14 bits per heavy atom. The van der Waals surface area contributed by atoms with E-state index in [0.29, 0.717) is 4.47 Å². The first-order valence-corrected chi connectivity index (χ1v) is 8.46. The first-order valence-electron chi connectivity index (χ1n) is 5.43. The second-order valence-electron chi connectivity index (χ2n) is 4.04. The molecule has 112 valence electrons. The molecule has 0 saturated carbocycles. The third kappa shape index (κ3) is 3.60. The lowest BCUT2D eigenvalue weighted by atomic mass is 10.3. The summed E-state index contributed by atoms with van der Waals surface area (Å²) in [5, 5.41) is 0.143. The van der Waals surface area contributed by atoms with Gasteiger partial charge in [-0.05, 0) is 30.3 Å². The summed E-state index contributed by atoms with van der Waals surface area (Å²) in [4.78, 5) is -0.586. The lowest BCUT2D eigenvalue weighted by molar-refractivity contribution is 0.570. The number of nitrogens with one attached hydrogen (secondary N) is 1. The Bertz CT molecular complexity index is 792. The monoisotopic (exact) mass is 412 g/mol. The summed E-state index contributed by atoms with van der Waals surface area (Å²) in [5.74, 6) is -0.930. The van der Waals surface area contributed by atoms with E-state index in [-0.39, 0.29) is 21.4 Å². The van der Waals surface area contributed by atoms with E-state index < -0.39 is 20.7 Å². The van der Waals surface area contributed by atoms with E-state index >= 15 is 0 Å². The van der Waals surface area contributed by atoms with Gasteiger partial charge in [-0.25, -0.2) is 12.8 Å². The van der Waals surface area contributed by atoms with Crippen molar-refractivity contribution in [3.05, 3.63) is 50.7 Å². The average Bonchev–Trinajstić information content (AvgIpc) is 2.36. The van der Waals surface area contributed by atoms with Crippen LogP contribution in [0.1, 0.15) is 0 Å². The highest BCUT2D eigenvalue weighted by Gasteiger charge is 2.22. The maximum atomic E-state index is 13.7. The number of nitrogens with two attached hydrogens (primary N) is 1. The molecule has 0 unspecified atom stereocenters. The molecule has 0 saturated heterocycles. The molecular formula is C12H8BrCl2FN2O2S. The van der Waals surface area contributed by atoms with Crippen LogP contribution in [0.5, 0.6) is 0 Å². The molecule has 0 spiro atoms. The van der Waals surface area contributed by atoms with E-state index in [1.165, 1.54) is 18.2 Å². The van der Waals surface area contributed by atoms with Gasteiger partial charge in [0.15, 0.2) is 0 Å². The molecule has 0 aliphatic carbocycles. The number of anilines is 2. The average molecular weight is 414 g/mol. The molecule has 9 heteroatoms. The van der Waals surface area contributed by atoms with Crippen LogP contribution < -0.4 is 10.5 Å². The Labute approximate surface area is 139 Å². The number of hydrogen-bond donors (Lipinski definition) is 2. The van der Waals surface area contributed by atoms with E-state index in [1.807, 2.05) is 0 Å². The molecule has 21 heavy (non-hydrogen) atoms. The van der Waals surface area contributed by atoms with Crippen molar-refractivity contribution < 1.29 is 12.8 Å². The Morgan fingerprint density at radius 2 is 1.71 bits per heavy atom. The summed E-state index contributed by atoms with van der Waals surface area (Å²) in [5.41, 5.74) is 5.56. The molecular weight excluding hydrogens is 406 g/mol. The molecule has 0 aliphatic heterocycles. The molecule has 0 aromatic heterocycles. The minimum Gasteiger partial charge on any atom is -0.399 e. The zero-order chi connectivity index (χ0) is 15.8. The fraction of sp³-hybridized carbons (Fsp3) is 0. The summed E-state index contributed by atoms with van der Waals surface area (Å²) >= 11 is 15.0. The van der Waals surface area contributed by atoms with Gasteiger partial charge in [-0.3, -0.25) is 4.72 Å². The Balaban J connectivity index is 2.50. The smallest absolute Gasteiger partial charge is 0.264 e. The minimum atomic E-state index is -4.21. The molecule has 0 bridgehead atoms. The molecule has 3 N–H and O–H groups in total. The van der Waals surface area contributed by atoms with Crippen LogP contribution in [0.25, 0.3) is 0 Å². The van der Waals surface area contributed by atoms with Crippen molar-refractivity contribution in [1.29, 1.82) is 0 Å². The number of rotatable bonds is 3. The normalized spacial score (nSPS) is 11.4. The van der Waals surface area contributed by atoms with Gasteiger partial charge in [0, 0.05) is 10.2 Å². The maximum Gasteiger partial charge on any atom is 0.264 e. The standard InChI is InChI=1S/C12H8BrCl2FN2O2S/c13-6-3-8(14)12(9(15)4-6)18-21(19,20)11-5-7(17)1-2-10(11)16/h1-5,18H,17H2. The first kappa shape index (κ1) is 16.4. The molecule has 0 amide bonds. The molecule has 0 heterocycles. The number of nitrogen functional groups attached to an aromatic ring is 1. The van der Waals surface area contributed by atoms with Gasteiger partial charge in [0.2, 0.25) is 0 Å². The van der Waals surface area contributed by atoms with Gasteiger partial charge < -0.3 is 5.73 Å². The van der Waals surface area contributed by atoms with Gasteiger partial charge in [-0.1, -0.05) is 39.1 Å². The van der Waals surface area contributed by atoms with Crippen molar-refractivity contribution in [2.24, 2.45) is 0 Å². The predicted octanol–water partition coefficient (Wildman–Crippen LogP) is 4.28. The van der Waals surface area contributed by atoms with Crippen LogP contribution in [0.2, 0.25) is 10.0 Å². The third-order valence-corrected chi connectivity index (χ3v) is 4.91. The van der Waals surface area contributed by atoms with E-state index in [9.17, 15) is 12.8 Å². The van der Waals surface area contributed by atoms with Crippen LogP contribution in [-0.2, 0) is 10.0 Å².